The molecule has 0 unspecified atom stereocenters. The van der Waals surface area contributed by atoms with Crippen LogP contribution in [0.3, 0.4) is 0 Å². The lowest BCUT2D eigenvalue weighted by atomic mass is 10.2. The van der Waals surface area contributed by atoms with Gasteiger partial charge in [-0.3, -0.25) is 10.1 Å². The van der Waals surface area contributed by atoms with Crippen molar-refractivity contribution in [3.63, 3.8) is 0 Å². The van der Waals surface area contributed by atoms with Gasteiger partial charge in [-0.1, -0.05) is 13.0 Å². The van der Waals surface area contributed by atoms with Gasteiger partial charge in [0.2, 0.25) is 0 Å². The zero-order valence-corrected chi connectivity index (χ0v) is 11.2. The minimum atomic E-state index is -0.475. The van der Waals surface area contributed by atoms with E-state index in [2.05, 4.69) is 17.2 Å². The summed E-state index contributed by atoms with van der Waals surface area (Å²) in [6.45, 7) is 2.52. The molecular formula is C12H14N4O2S. The number of benzene rings is 1. The van der Waals surface area contributed by atoms with Gasteiger partial charge < -0.3 is 11.1 Å². The maximum atomic E-state index is 11.0. The van der Waals surface area contributed by atoms with E-state index in [-0.39, 0.29) is 11.4 Å². The summed E-state index contributed by atoms with van der Waals surface area (Å²) in [4.78, 5) is 15.9. The summed E-state index contributed by atoms with van der Waals surface area (Å²) >= 11 is 1.60. The molecule has 0 fully saturated rings. The minimum absolute atomic E-state index is 0.0882. The van der Waals surface area contributed by atoms with Crippen molar-refractivity contribution in [2.75, 3.05) is 11.1 Å². The molecule has 1 aromatic carbocycles. The average Bonchev–Trinajstić information content (AvgIpc) is 2.83. The van der Waals surface area contributed by atoms with Crippen molar-refractivity contribution >= 4 is 28.4 Å². The predicted octanol–water partition coefficient (Wildman–Crippen LogP) is 2.81. The van der Waals surface area contributed by atoms with Crippen LogP contribution in [0.15, 0.2) is 24.4 Å². The summed E-state index contributed by atoms with van der Waals surface area (Å²) in [5, 5.41) is 14.9. The van der Waals surface area contributed by atoms with E-state index in [1.165, 1.54) is 10.9 Å². The fourth-order valence-corrected chi connectivity index (χ4v) is 2.47. The van der Waals surface area contributed by atoms with Gasteiger partial charge in [0.15, 0.2) is 0 Å². The van der Waals surface area contributed by atoms with Crippen LogP contribution in [-0.4, -0.2) is 9.91 Å². The lowest BCUT2D eigenvalue weighted by molar-refractivity contribution is -0.383. The Morgan fingerprint density at radius 3 is 2.95 bits per heavy atom. The molecule has 0 aliphatic rings. The zero-order chi connectivity index (χ0) is 13.8. The molecule has 0 saturated carbocycles. The molecule has 0 aliphatic carbocycles. The Labute approximate surface area is 114 Å². The Bertz CT molecular complexity index is 597. The molecule has 0 radical (unpaired) electrons. The lowest BCUT2D eigenvalue weighted by Gasteiger charge is -2.06. The summed E-state index contributed by atoms with van der Waals surface area (Å²) in [5.74, 6) is 0. The highest BCUT2D eigenvalue weighted by molar-refractivity contribution is 7.11. The van der Waals surface area contributed by atoms with Gasteiger partial charge in [-0.25, -0.2) is 4.98 Å². The molecule has 0 aliphatic heterocycles. The first kappa shape index (κ1) is 13.3. The first-order valence-corrected chi connectivity index (χ1v) is 6.63. The second-order valence-corrected chi connectivity index (χ2v) is 5.13. The molecule has 2 rings (SSSR count). The van der Waals surface area contributed by atoms with Crippen molar-refractivity contribution in [2.24, 2.45) is 0 Å². The molecule has 3 N–H and O–H groups in total. The Balaban J connectivity index is 2.15. The summed E-state index contributed by atoms with van der Waals surface area (Å²) in [6, 6.07) is 4.84. The number of rotatable bonds is 5. The van der Waals surface area contributed by atoms with Gasteiger partial charge in [0.1, 0.15) is 16.4 Å². The number of nitrogens with one attached hydrogen (secondary N) is 1. The van der Waals surface area contributed by atoms with E-state index < -0.39 is 4.92 Å². The van der Waals surface area contributed by atoms with Crippen molar-refractivity contribution < 1.29 is 4.92 Å². The number of aryl methyl sites for hydroxylation is 1. The summed E-state index contributed by atoms with van der Waals surface area (Å²) in [5.41, 5.74) is 6.11. The Hall–Kier alpha value is -2.15. The van der Waals surface area contributed by atoms with E-state index in [9.17, 15) is 10.1 Å². The van der Waals surface area contributed by atoms with Crippen molar-refractivity contribution in [1.29, 1.82) is 0 Å². The van der Waals surface area contributed by atoms with Gasteiger partial charge in [-0.2, -0.15) is 0 Å². The monoisotopic (exact) mass is 278 g/mol. The van der Waals surface area contributed by atoms with E-state index in [1.807, 2.05) is 6.20 Å². The fourth-order valence-electron chi connectivity index (χ4n) is 1.67. The largest absolute Gasteiger partial charge is 0.393 e. The second kappa shape index (κ2) is 5.66. The molecule has 7 heteroatoms. The number of anilines is 2. The first-order chi connectivity index (χ1) is 9.11. The average molecular weight is 278 g/mol. The smallest absolute Gasteiger partial charge is 0.314 e. The number of nitrogens with zero attached hydrogens (tertiary/aromatic N) is 2. The highest BCUT2D eigenvalue weighted by atomic mass is 32.1. The third-order valence-corrected chi connectivity index (χ3v) is 3.77. The van der Waals surface area contributed by atoms with E-state index in [4.69, 9.17) is 5.73 Å². The summed E-state index contributed by atoms with van der Waals surface area (Å²) < 4.78 is 0. The SMILES string of the molecule is CCc1cnc(CNc2cccc(N)c2[N+](=O)[O-])s1. The molecule has 1 heterocycles. The maximum Gasteiger partial charge on any atom is 0.314 e. The van der Waals surface area contributed by atoms with Crippen LogP contribution in [0.5, 0.6) is 0 Å². The number of nitrogens with two attached hydrogens (primary N) is 1. The van der Waals surface area contributed by atoms with Crippen LogP contribution in [0.25, 0.3) is 0 Å². The van der Waals surface area contributed by atoms with E-state index in [0.29, 0.717) is 12.2 Å². The molecule has 0 spiro atoms. The molecule has 100 valence electrons. The number of nitrogen functional groups attached to an aromatic ring is 1. The Morgan fingerprint density at radius 1 is 1.53 bits per heavy atom. The topological polar surface area (TPSA) is 94.1 Å². The molecule has 0 bridgehead atoms. The lowest BCUT2D eigenvalue weighted by Crippen LogP contribution is -2.04. The fraction of sp³-hybridized carbons (Fsp3) is 0.250. The van der Waals surface area contributed by atoms with Gasteiger partial charge >= 0.3 is 5.69 Å². The minimum Gasteiger partial charge on any atom is -0.393 e. The van der Waals surface area contributed by atoms with Crippen LogP contribution in [0, 0.1) is 10.1 Å². The molecule has 0 amide bonds. The molecule has 2 aromatic rings. The van der Waals surface area contributed by atoms with Crippen LogP contribution < -0.4 is 11.1 Å². The first-order valence-electron chi connectivity index (χ1n) is 5.82. The number of aromatic nitrogens is 1. The van der Waals surface area contributed by atoms with Crippen molar-refractivity contribution in [3.05, 3.63) is 44.4 Å². The number of hydrogen-bond acceptors (Lipinski definition) is 6. The third kappa shape index (κ3) is 3.00. The molecule has 0 saturated heterocycles. The number of para-hydroxylation sites is 1. The number of nitro groups is 1. The van der Waals surface area contributed by atoms with Crippen LogP contribution in [0.4, 0.5) is 17.1 Å². The standard InChI is InChI=1S/C12H14N4O2S/c1-2-8-6-15-11(19-8)7-14-10-5-3-4-9(13)12(10)16(17)18/h3-6,14H,2,7,13H2,1H3. The molecule has 1 aromatic heterocycles. The number of hydrogen-bond donors (Lipinski definition) is 2. The van der Waals surface area contributed by atoms with Crippen molar-refractivity contribution in [1.82, 2.24) is 4.98 Å². The molecule has 0 atom stereocenters. The van der Waals surface area contributed by atoms with Crippen LogP contribution in [-0.2, 0) is 13.0 Å². The van der Waals surface area contributed by atoms with Crippen molar-refractivity contribution in [2.45, 2.75) is 19.9 Å². The Kier molecular flexibility index (Phi) is 3.96. The van der Waals surface area contributed by atoms with E-state index in [1.54, 1.807) is 23.5 Å². The van der Waals surface area contributed by atoms with E-state index in [0.717, 1.165) is 11.4 Å². The van der Waals surface area contributed by atoms with Gasteiger partial charge in [0, 0.05) is 11.1 Å². The van der Waals surface area contributed by atoms with Gasteiger partial charge in [-0.15, -0.1) is 11.3 Å². The van der Waals surface area contributed by atoms with Crippen molar-refractivity contribution in [3.8, 4) is 0 Å². The molecule has 6 nitrogen and oxygen atoms in total. The molecule has 19 heavy (non-hydrogen) atoms. The van der Waals surface area contributed by atoms with Gasteiger partial charge in [0.05, 0.1) is 11.5 Å². The number of thiazole rings is 1. The van der Waals surface area contributed by atoms with Crippen LogP contribution in [0.2, 0.25) is 0 Å². The highest BCUT2D eigenvalue weighted by Crippen LogP contribution is 2.30. The zero-order valence-electron chi connectivity index (χ0n) is 10.4. The highest BCUT2D eigenvalue weighted by Gasteiger charge is 2.17. The maximum absolute atomic E-state index is 11.0. The molecular weight excluding hydrogens is 264 g/mol. The Morgan fingerprint density at radius 2 is 2.32 bits per heavy atom. The third-order valence-electron chi connectivity index (χ3n) is 2.63. The van der Waals surface area contributed by atoms with Crippen LogP contribution >= 0.6 is 11.3 Å². The van der Waals surface area contributed by atoms with Crippen LogP contribution in [0.1, 0.15) is 16.8 Å². The summed E-state index contributed by atoms with van der Waals surface area (Å²) in [6.07, 6.45) is 2.77. The van der Waals surface area contributed by atoms with Gasteiger partial charge in [0.25, 0.3) is 0 Å². The number of nitro benzene ring substituents is 1. The quantitative estimate of drug-likeness (QED) is 0.498. The predicted molar refractivity (Wildman–Crippen MR) is 76.3 cm³/mol. The van der Waals surface area contributed by atoms with Gasteiger partial charge in [-0.05, 0) is 18.6 Å². The second-order valence-electron chi connectivity index (χ2n) is 3.93. The summed E-state index contributed by atoms with van der Waals surface area (Å²) in [7, 11) is 0. The normalized spacial score (nSPS) is 10.4. The van der Waals surface area contributed by atoms with E-state index >= 15 is 0 Å².